The number of carbonyl (C=O) groups is 1. The molecule has 1 fully saturated rings. The minimum Gasteiger partial charge on any atom is -0.444 e. The quantitative estimate of drug-likeness (QED) is 0.918. The summed E-state index contributed by atoms with van der Waals surface area (Å²) < 4.78 is 5.50. The van der Waals surface area contributed by atoms with E-state index in [1.54, 1.807) is 0 Å². The van der Waals surface area contributed by atoms with Crippen molar-refractivity contribution in [3.05, 3.63) is 21.9 Å². The van der Waals surface area contributed by atoms with Crippen molar-refractivity contribution in [2.45, 2.75) is 64.8 Å². The van der Waals surface area contributed by atoms with Gasteiger partial charge < -0.3 is 15.0 Å². The molecule has 126 valence electrons. The van der Waals surface area contributed by atoms with Crippen LogP contribution < -0.4 is 5.32 Å². The highest BCUT2D eigenvalue weighted by Gasteiger charge is 2.33. The van der Waals surface area contributed by atoms with E-state index in [-0.39, 0.29) is 18.2 Å². The van der Waals surface area contributed by atoms with Gasteiger partial charge in [0, 0.05) is 30.1 Å². The Morgan fingerprint density at radius 1 is 1.52 bits per heavy atom. The fraction of sp³-hybridized carbons (Fsp3) is 0.647. The molecular formula is C17H25N3O2S. The van der Waals surface area contributed by atoms with E-state index >= 15 is 0 Å². The fourth-order valence-corrected chi connectivity index (χ4v) is 3.51. The van der Waals surface area contributed by atoms with Crippen LogP contribution in [-0.2, 0) is 11.3 Å². The molecule has 1 saturated heterocycles. The molecule has 0 aliphatic carbocycles. The van der Waals surface area contributed by atoms with Gasteiger partial charge in [-0.2, -0.15) is 5.26 Å². The third kappa shape index (κ3) is 4.95. The van der Waals surface area contributed by atoms with Crippen LogP contribution in [0.15, 0.2) is 12.1 Å². The lowest BCUT2D eigenvalue weighted by Gasteiger charge is -2.40. The Morgan fingerprint density at radius 2 is 2.26 bits per heavy atom. The first-order valence-electron chi connectivity index (χ1n) is 8.02. The molecule has 0 bridgehead atoms. The van der Waals surface area contributed by atoms with Gasteiger partial charge in [0.05, 0.1) is 0 Å². The number of thiophene rings is 1. The molecule has 2 unspecified atom stereocenters. The average molecular weight is 335 g/mol. The van der Waals surface area contributed by atoms with Gasteiger partial charge in [-0.3, -0.25) is 0 Å². The van der Waals surface area contributed by atoms with E-state index in [9.17, 15) is 4.79 Å². The monoisotopic (exact) mass is 335 g/mol. The Labute approximate surface area is 142 Å². The Kier molecular flexibility index (Phi) is 5.66. The van der Waals surface area contributed by atoms with Gasteiger partial charge >= 0.3 is 6.09 Å². The summed E-state index contributed by atoms with van der Waals surface area (Å²) in [6.45, 7) is 9.20. The lowest BCUT2D eigenvalue weighted by molar-refractivity contribution is 0.00700. The second kappa shape index (κ2) is 7.33. The molecule has 1 amide bonds. The number of rotatable bonds is 3. The number of hydrogen-bond acceptors (Lipinski definition) is 5. The topological polar surface area (TPSA) is 65.4 Å². The standard InChI is InChI=1S/C17H25N3O2S/c1-12-15(19-11-14-8-7-13(10-18)23-14)6-5-9-20(12)16(21)22-17(2,3)4/h7-8,12,15,19H,5-6,9,11H2,1-4H3. The van der Waals surface area contributed by atoms with Crippen molar-refractivity contribution in [3.63, 3.8) is 0 Å². The Hall–Kier alpha value is -1.58. The fourth-order valence-electron chi connectivity index (χ4n) is 2.76. The Bertz CT molecular complexity index is 585. The molecule has 2 heterocycles. The highest BCUT2D eigenvalue weighted by molar-refractivity contribution is 7.12. The third-order valence-electron chi connectivity index (χ3n) is 3.93. The molecular weight excluding hydrogens is 310 g/mol. The highest BCUT2D eigenvalue weighted by atomic mass is 32.1. The van der Waals surface area contributed by atoms with E-state index in [1.165, 1.54) is 11.3 Å². The van der Waals surface area contributed by atoms with Gasteiger partial charge in [-0.1, -0.05) is 0 Å². The number of likely N-dealkylation sites (tertiary alicyclic amines) is 1. The van der Waals surface area contributed by atoms with Crippen molar-refractivity contribution < 1.29 is 9.53 Å². The van der Waals surface area contributed by atoms with Gasteiger partial charge in [0.2, 0.25) is 0 Å². The molecule has 1 aliphatic heterocycles. The summed E-state index contributed by atoms with van der Waals surface area (Å²) in [6, 6.07) is 6.32. The number of ether oxygens (including phenoxy) is 1. The summed E-state index contributed by atoms with van der Waals surface area (Å²) in [7, 11) is 0. The molecule has 1 aliphatic rings. The number of nitrogens with one attached hydrogen (secondary N) is 1. The highest BCUT2D eigenvalue weighted by Crippen LogP contribution is 2.22. The number of nitrogens with zero attached hydrogens (tertiary/aromatic N) is 2. The zero-order chi connectivity index (χ0) is 17.0. The van der Waals surface area contributed by atoms with Crippen molar-refractivity contribution in [3.8, 4) is 6.07 Å². The maximum Gasteiger partial charge on any atom is 0.410 e. The predicted molar refractivity (Wildman–Crippen MR) is 91.3 cm³/mol. The molecule has 5 nitrogen and oxygen atoms in total. The van der Waals surface area contributed by atoms with Gasteiger partial charge in [0.15, 0.2) is 0 Å². The molecule has 2 atom stereocenters. The van der Waals surface area contributed by atoms with Gasteiger partial charge in [-0.25, -0.2) is 4.79 Å². The minimum absolute atomic E-state index is 0.0917. The van der Waals surface area contributed by atoms with Crippen molar-refractivity contribution in [2.24, 2.45) is 0 Å². The maximum atomic E-state index is 12.3. The van der Waals surface area contributed by atoms with E-state index in [4.69, 9.17) is 10.00 Å². The predicted octanol–water partition coefficient (Wildman–Crippen LogP) is 3.50. The van der Waals surface area contributed by atoms with Gasteiger partial charge in [0.25, 0.3) is 0 Å². The summed E-state index contributed by atoms with van der Waals surface area (Å²) >= 11 is 1.51. The van der Waals surface area contributed by atoms with Crippen LogP contribution in [0.4, 0.5) is 4.79 Å². The van der Waals surface area contributed by atoms with Crippen LogP contribution >= 0.6 is 11.3 Å². The zero-order valence-electron chi connectivity index (χ0n) is 14.3. The van der Waals surface area contributed by atoms with Crippen molar-refractivity contribution >= 4 is 17.4 Å². The van der Waals surface area contributed by atoms with Crippen molar-refractivity contribution in [2.75, 3.05) is 6.54 Å². The molecule has 0 aromatic carbocycles. The first-order chi connectivity index (χ1) is 10.8. The normalized spacial score (nSPS) is 21.8. The third-order valence-corrected chi connectivity index (χ3v) is 4.92. The van der Waals surface area contributed by atoms with Crippen LogP contribution in [0.1, 0.15) is 50.3 Å². The van der Waals surface area contributed by atoms with Gasteiger partial charge in [0.1, 0.15) is 16.5 Å². The van der Waals surface area contributed by atoms with E-state index in [2.05, 4.69) is 18.3 Å². The smallest absolute Gasteiger partial charge is 0.410 e. The van der Waals surface area contributed by atoms with Crippen LogP contribution in [-0.4, -0.2) is 35.2 Å². The number of piperidine rings is 1. The molecule has 6 heteroatoms. The first-order valence-corrected chi connectivity index (χ1v) is 8.83. The van der Waals surface area contributed by atoms with Gasteiger partial charge in [-0.05, 0) is 52.7 Å². The Balaban J connectivity index is 1.92. The number of nitriles is 1. The number of carbonyl (C=O) groups excluding carboxylic acids is 1. The SMILES string of the molecule is CC1C(NCc2ccc(C#N)s2)CCCN1C(=O)OC(C)(C)C. The second-order valence-electron chi connectivity index (χ2n) is 6.92. The van der Waals surface area contributed by atoms with Crippen LogP contribution in [0.5, 0.6) is 0 Å². The van der Waals surface area contributed by atoms with E-state index in [0.717, 1.165) is 35.7 Å². The lowest BCUT2D eigenvalue weighted by Crippen LogP contribution is -2.55. The molecule has 23 heavy (non-hydrogen) atoms. The summed E-state index contributed by atoms with van der Waals surface area (Å²) in [4.78, 5) is 16.0. The van der Waals surface area contributed by atoms with Crippen molar-refractivity contribution in [1.29, 1.82) is 5.26 Å². The molecule has 0 radical (unpaired) electrons. The average Bonchev–Trinajstić information content (AvgIpc) is 2.92. The molecule has 1 aromatic heterocycles. The molecule has 1 aromatic rings. The van der Waals surface area contributed by atoms with Crippen molar-refractivity contribution in [1.82, 2.24) is 10.2 Å². The summed E-state index contributed by atoms with van der Waals surface area (Å²) in [5.41, 5.74) is -0.470. The minimum atomic E-state index is -0.470. The number of amides is 1. The van der Waals surface area contributed by atoms with E-state index < -0.39 is 5.60 Å². The molecule has 1 N–H and O–H groups in total. The zero-order valence-corrected chi connectivity index (χ0v) is 15.1. The molecule has 0 saturated carbocycles. The lowest BCUT2D eigenvalue weighted by atomic mass is 9.98. The van der Waals surface area contributed by atoms with Crippen LogP contribution in [0.25, 0.3) is 0 Å². The molecule has 2 rings (SSSR count). The van der Waals surface area contributed by atoms with E-state index in [1.807, 2.05) is 37.8 Å². The molecule has 0 spiro atoms. The number of hydrogen-bond donors (Lipinski definition) is 1. The first kappa shape index (κ1) is 17.8. The maximum absolute atomic E-state index is 12.3. The van der Waals surface area contributed by atoms with Crippen LogP contribution in [0.2, 0.25) is 0 Å². The van der Waals surface area contributed by atoms with E-state index in [0.29, 0.717) is 0 Å². The Morgan fingerprint density at radius 3 is 2.87 bits per heavy atom. The second-order valence-corrected chi connectivity index (χ2v) is 8.09. The van der Waals surface area contributed by atoms with Gasteiger partial charge in [-0.15, -0.1) is 11.3 Å². The summed E-state index contributed by atoms with van der Waals surface area (Å²) in [6.07, 6.45) is 1.77. The largest absolute Gasteiger partial charge is 0.444 e. The van der Waals surface area contributed by atoms with Crippen LogP contribution in [0.3, 0.4) is 0 Å². The summed E-state index contributed by atoms with van der Waals surface area (Å²) in [5, 5.41) is 12.4. The summed E-state index contributed by atoms with van der Waals surface area (Å²) in [5.74, 6) is 0. The van der Waals surface area contributed by atoms with Crippen LogP contribution in [0, 0.1) is 11.3 Å².